The summed E-state index contributed by atoms with van der Waals surface area (Å²) < 4.78 is 26.0. The summed E-state index contributed by atoms with van der Waals surface area (Å²) in [4.78, 5) is 4.05. The quantitative estimate of drug-likeness (QED) is 0.918. The first-order valence-electron chi connectivity index (χ1n) is 5.68. The fraction of sp³-hybridized carbons (Fsp3) is 0.143. The van der Waals surface area contributed by atoms with Crippen LogP contribution in [-0.2, 0) is 0 Å². The van der Waals surface area contributed by atoms with Crippen LogP contribution in [0.25, 0.3) is 0 Å². The molecule has 0 amide bonds. The number of benzene rings is 1. The van der Waals surface area contributed by atoms with Crippen LogP contribution in [0.5, 0.6) is 0 Å². The number of aromatic nitrogens is 1. The number of hydrogen-bond acceptors (Lipinski definition) is 3. The zero-order valence-corrected chi connectivity index (χ0v) is 10.2. The fourth-order valence-electron chi connectivity index (χ4n) is 1.68. The Bertz CT molecular complexity index is 635. The van der Waals surface area contributed by atoms with Crippen LogP contribution < -0.4 is 5.32 Å². The molecule has 19 heavy (non-hydrogen) atoms. The molecule has 96 valence electrons. The lowest BCUT2D eigenvalue weighted by molar-refractivity contribution is 0.506. The third kappa shape index (κ3) is 2.86. The molecule has 1 aromatic heterocycles. The van der Waals surface area contributed by atoms with Crippen LogP contribution in [0.1, 0.15) is 24.1 Å². The highest BCUT2D eigenvalue weighted by Crippen LogP contribution is 2.21. The molecule has 1 heterocycles. The Hall–Kier alpha value is -2.48. The first kappa shape index (κ1) is 13.0. The van der Waals surface area contributed by atoms with Crippen molar-refractivity contribution in [3.05, 3.63) is 59.3 Å². The summed E-state index contributed by atoms with van der Waals surface area (Å²) in [6.07, 6.45) is 1.56. The van der Waals surface area contributed by atoms with Crippen LogP contribution in [0.2, 0.25) is 0 Å². The molecule has 0 bridgehead atoms. The van der Waals surface area contributed by atoms with Crippen molar-refractivity contribution in [2.45, 2.75) is 13.0 Å². The number of halogens is 2. The van der Waals surface area contributed by atoms with Gasteiger partial charge < -0.3 is 5.32 Å². The molecule has 0 aliphatic carbocycles. The molecule has 2 rings (SSSR count). The highest BCUT2D eigenvalue weighted by Gasteiger charge is 2.11. The van der Waals surface area contributed by atoms with E-state index in [4.69, 9.17) is 5.26 Å². The van der Waals surface area contributed by atoms with Gasteiger partial charge in [0, 0.05) is 6.20 Å². The highest BCUT2D eigenvalue weighted by atomic mass is 19.2. The summed E-state index contributed by atoms with van der Waals surface area (Å²) >= 11 is 0. The number of anilines is 1. The topological polar surface area (TPSA) is 48.7 Å². The van der Waals surface area contributed by atoms with E-state index in [-0.39, 0.29) is 6.04 Å². The van der Waals surface area contributed by atoms with Crippen molar-refractivity contribution in [3.63, 3.8) is 0 Å². The van der Waals surface area contributed by atoms with Crippen molar-refractivity contribution in [2.75, 3.05) is 5.32 Å². The molecule has 2 aromatic rings. The maximum Gasteiger partial charge on any atom is 0.159 e. The number of nitrogens with one attached hydrogen (secondary N) is 1. The molecule has 0 fully saturated rings. The van der Waals surface area contributed by atoms with Gasteiger partial charge in [-0.1, -0.05) is 6.07 Å². The minimum Gasteiger partial charge on any atom is -0.362 e. The van der Waals surface area contributed by atoms with Crippen molar-refractivity contribution >= 4 is 5.82 Å². The largest absolute Gasteiger partial charge is 0.362 e. The van der Waals surface area contributed by atoms with E-state index in [1.807, 2.05) is 6.07 Å². The second kappa shape index (κ2) is 5.44. The van der Waals surface area contributed by atoms with Crippen molar-refractivity contribution in [1.82, 2.24) is 4.98 Å². The van der Waals surface area contributed by atoms with E-state index in [1.165, 1.54) is 6.07 Å². The van der Waals surface area contributed by atoms with Gasteiger partial charge >= 0.3 is 0 Å². The smallest absolute Gasteiger partial charge is 0.159 e. The molecule has 0 radical (unpaired) electrons. The second-order valence-electron chi connectivity index (χ2n) is 4.05. The molecular formula is C14H11F2N3. The molecular weight excluding hydrogens is 248 g/mol. The molecule has 0 saturated carbocycles. The Morgan fingerprint density at radius 2 is 2.05 bits per heavy atom. The maximum absolute atomic E-state index is 13.2. The molecule has 0 unspecified atom stereocenters. The van der Waals surface area contributed by atoms with E-state index in [9.17, 15) is 8.78 Å². The Balaban J connectivity index is 2.23. The third-order valence-corrected chi connectivity index (χ3v) is 2.73. The van der Waals surface area contributed by atoms with Crippen LogP contribution in [0, 0.1) is 23.0 Å². The average molecular weight is 259 g/mol. The molecule has 1 N–H and O–H groups in total. The van der Waals surface area contributed by atoms with Crippen LogP contribution in [-0.4, -0.2) is 4.98 Å². The van der Waals surface area contributed by atoms with Gasteiger partial charge in [-0.05, 0) is 36.8 Å². The lowest BCUT2D eigenvalue weighted by Gasteiger charge is -2.15. The van der Waals surface area contributed by atoms with Gasteiger partial charge in [-0.3, -0.25) is 0 Å². The SMILES string of the molecule is C[C@H](Nc1ncccc1C#N)c1ccc(F)c(F)c1. The molecule has 0 saturated heterocycles. The molecule has 1 atom stereocenters. The number of rotatable bonds is 3. The van der Waals surface area contributed by atoms with E-state index < -0.39 is 11.6 Å². The fourth-order valence-corrected chi connectivity index (χ4v) is 1.68. The predicted molar refractivity (Wildman–Crippen MR) is 67.3 cm³/mol. The summed E-state index contributed by atoms with van der Waals surface area (Å²) in [5, 5.41) is 11.9. The summed E-state index contributed by atoms with van der Waals surface area (Å²) in [5.74, 6) is -1.36. The Labute approximate surface area is 109 Å². The summed E-state index contributed by atoms with van der Waals surface area (Å²) in [7, 11) is 0. The van der Waals surface area contributed by atoms with E-state index in [1.54, 1.807) is 25.3 Å². The van der Waals surface area contributed by atoms with Crippen molar-refractivity contribution in [2.24, 2.45) is 0 Å². The van der Waals surface area contributed by atoms with Crippen molar-refractivity contribution < 1.29 is 8.78 Å². The molecule has 0 spiro atoms. The van der Waals surface area contributed by atoms with E-state index in [0.29, 0.717) is 16.9 Å². The number of nitrogens with zero attached hydrogens (tertiary/aromatic N) is 2. The van der Waals surface area contributed by atoms with Gasteiger partial charge in [-0.2, -0.15) is 5.26 Å². The molecule has 1 aromatic carbocycles. The first-order valence-corrected chi connectivity index (χ1v) is 5.68. The Morgan fingerprint density at radius 3 is 2.74 bits per heavy atom. The van der Waals surface area contributed by atoms with Crippen molar-refractivity contribution in [1.29, 1.82) is 5.26 Å². The summed E-state index contributed by atoms with van der Waals surface area (Å²) in [6.45, 7) is 1.78. The van der Waals surface area contributed by atoms with Gasteiger partial charge in [0.1, 0.15) is 11.9 Å². The monoisotopic (exact) mass is 259 g/mol. The molecule has 0 aliphatic rings. The van der Waals surface area contributed by atoms with Gasteiger partial charge in [0.15, 0.2) is 11.6 Å². The lowest BCUT2D eigenvalue weighted by atomic mass is 10.1. The van der Waals surface area contributed by atoms with Gasteiger partial charge in [-0.15, -0.1) is 0 Å². The Morgan fingerprint density at radius 1 is 1.26 bits per heavy atom. The van der Waals surface area contributed by atoms with Crippen LogP contribution in [0.3, 0.4) is 0 Å². The van der Waals surface area contributed by atoms with Gasteiger partial charge in [0.25, 0.3) is 0 Å². The van der Waals surface area contributed by atoms with E-state index in [2.05, 4.69) is 10.3 Å². The predicted octanol–water partition coefficient (Wildman–Crippen LogP) is 3.40. The van der Waals surface area contributed by atoms with Crippen LogP contribution in [0.4, 0.5) is 14.6 Å². The normalized spacial score (nSPS) is 11.7. The molecule has 5 heteroatoms. The molecule has 3 nitrogen and oxygen atoms in total. The molecule has 0 aliphatic heterocycles. The number of hydrogen-bond donors (Lipinski definition) is 1. The highest BCUT2D eigenvalue weighted by molar-refractivity contribution is 5.52. The Kier molecular flexibility index (Phi) is 3.71. The number of nitriles is 1. The lowest BCUT2D eigenvalue weighted by Crippen LogP contribution is -2.09. The summed E-state index contributed by atoms with van der Waals surface area (Å²) in [5.41, 5.74) is 0.977. The van der Waals surface area contributed by atoms with Gasteiger partial charge in [0.2, 0.25) is 0 Å². The third-order valence-electron chi connectivity index (χ3n) is 2.73. The zero-order chi connectivity index (χ0) is 13.8. The van der Waals surface area contributed by atoms with E-state index in [0.717, 1.165) is 12.1 Å². The van der Waals surface area contributed by atoms with Gasteiger partial charge in [0.05, 0.1) is 11.6 Å². The maximum atomic E-state index is 13.2. The average Bonchev–Trinajstić information content (AvgIpc) is 2.42. The minimum absolute atomic E-state index is 0.294. The van der Waals surface area contributed by atoms with Crippen LogP contribution in [0.15, 0.2) is 36.5 Å². The van der Waals surface area contributed by atoms with Gasteiger partial charge in [-0.25, -0.2) is 13.8 Å². The standard InChI is InChI=1S/C14H11F2N3/c1-9(10-4-5-12(15)13(16)7-10)19-14-11(8-17)3-2-6-18-14/h2-7,9H,1H3,(H,18,19)/t9-/m0/s1. The van der Waals surface area contributed by atoms with Crippen LogP contribution >= 0.6 is 0 Å². The zero-order valence-electron chi connectivity index (χ0n) is 10.2. The summed E-state index contributed by atoms with van der Waals surface area (Å²) in [6, 6.07) is 8.70. The minimum atomic E-state index is -0.896. The van der Waals surface area contributed by atoms with Crippen molar-refractivity contribution in [3.8, 4) is 6.07 Å². The number of pyridine rings is 1. The second-order valence-corrected chi connectivity index (χ2v) is 4.05. The first-order chi connectivity index (χ1) is 9.11. The van der Waals surface area contributed by atoms with E-state index >= 15 is 0 Å².